The summed E-state index contributed by atoms with van der Waals surface area (Å²) in [6.07, 6.45) is 0. The average molecular weight is 171 g/mol. The van der Waals surface area contributed by atoms with Crippen molar-refractivity contribution in [3.8, 4) is 5.75 Å². The number of nitrogen functional groups attached to an aromatic ring is 1. The van der Waals surface area contributed by atoms with Crippen molar-refractivity contribution in [3.63, 3.8) is 0 Å². The van der Waals surface area contributed by atoms with E-state index >= 15 is 0 Å². The van der Waals surface area contributed by atoms with Gasteiger partial charge in [0.05, 0.1) is 12.7 Å². The van der Waals surface area contributed by atoms with Gasteiger partial charge in [-0.1, -0.05) is 4.85 Å². The summed E-state index contributed by atoms with van der Waals surface area (Å²) in [6, 6.07) is 1.08. The lowest BCUT2D eigenvalue weighted by molar-refractivity contribution is 0.134. The summed E-state index contributed by atoms with van der Waals surface area (Å²) in [4.78, 5) is 10.9. The topological polar surface area (TPSA) is 90.4 Å². The van der Waals surface area contributed by atoms with E-state index in [1.54, 1.807) is 6.92 Å². The van der Waals surface area contributed by atoms with E-state index in [1.165, 1.54) is 0 Å². The van der Waals surface area contributed by atoms with Gasteiger partial charge in [0.25, 0.3) is 0 Å². The number of nitrogens with zero attached hydrogens (tertiary/aromatic N) is 2. The van der Waals surface area contributed by atoms with E-state index in [0.29, 0.717) is 6.61 Å². The minimum absolute atomic E-state index is 0.0149. The number of rotatable bonds is 2. The molecular formula is C6H9N3O3. The minimum atomic E-state index is -0.673. The maximum Gasteiger partial charge on any atom is 0.306 e. The second-order valence-electron chi connectivity index (χ2n) is 2.05. The highest BCUT2D eigenvalue weighted by molar-refractivity contribution is 5.43. The van der Waals surface area contributed by atoms with Crippen molar-refractivity contribution >= 4 is 5.82 Å². The molecule has 1 aromatic rings. The molecule has 0 saturated carbocycles. The molecule has 0 amide bonds. The first kappa shape index (κ1) is 8.38. The predicted molar refractivity (Wildman–Crippen MR) is 41.3 cm³/mol. The molecule has 0 atom stereocenters. The highest BCUT2D eigenvalue weighted by Crippen LogP contribution is 2.13. The van der Waals surface area contributed by atoms with Gasteiger partial charge in [-0.15, -0.1) is 5.10 Å². The molecule has 66 valence electrons. The van der Waals surface area contributed by atoms with Crippen LogP contribution in [0.4, 0.5) is 5.82 Å². The molecule has 0 unspecified atom stereocenters. The molecule has 0 radical (unpaired) electrons. The van der Waals surface area contributed by atoms with Crippen molar-refractivity contribution in [3.05, 3.63) is 16.4 Å². The number of hydrogen-bond acceptors (Lipinski definition) is 5. The van der Waals surface area contributed by atoms with Gasteiger partial charge >= 0.3 is 5.56 Å². The molecule has 6 heteroatoms. The SMILES string of the molecule is CCOc1cc(=O)n(O)nc1N. The number of ether oxygens (including phenoxy) is 1. The molecular weight excluding hydrogens is 162 g/mol. The molecule has 0 aliphatic heterocycles. The van der Waals surface area contributed by atoms with Crippen LogP contribution in [0.5, 0.6) is 5.75 Å². The summed E-state index contributed by atoms with van der Waals surface area (Å²) in [6.45, 7) is 2.14. The van der Waals surface area contributed by atoms with Crippen molar-refractivity contribution < 1.29 is 9.94 Å². The van der Waals surface area contributed by atoms with E-state index in [1.807, 2.05) is 0 Å². The van der Waals surface area contributed by atoms with Crippen molar-refractivity contribution in [2.24, 2.45) is 0 Å². The Labute approximate surface area is 68.1 Å². The van der Waals surface area contributed by atoms with Crippen molar-refractivity contribution in [1.29, 1.82) is 0 Å². The first-order valence-electron chi connectivity index (χ1n) is 3.37. The van der Waals surface area contributed by atoms with Crippen LogP contribution in [0.15, 0.2) is 10.9 Å². The zero-order valence-electron chi connectivity index (χ0n) is 6.52. The number of hydrogen-bond donors (Lipinski definition) is 2. The number of aromatic nitrogens is 2. The summed E-state index contributed by atoms with van der Waals surface area (Å²) < 4.78 is 4.96. The van der Waals surface area contributed by atoms with Crippen LogP contribution in [-0.2, 0) is 0 Å². The molecule has 1 aromatic heterocycles. The van der Waals surface area contributed by atoms with Gasteiger partial charge in [0.1, 0.15) is 0 Å². The Hall–Kier alpha value is -1.72. The lowest BCUT2D eigenvalue weighted by Crippen LogP contribution is -2.21. The van der Waals surface area contributed by atoms with Gasteiger partial charge in [0, 0.05) is 0 Å². The monoisotopic (exact) mass is 171 g/mol. The smallest absolute Gasteiger partial charge is 0.306 e. The minimum Gasteiger partial charge on any atom is -0.490 e. The maximum absolute atomic E-state index is 10.8. The quantitative estimate of drug-likeness (QED) is 0.583. The number of nitrogens with two attached hydrogens (primary N) is 1. The highest BCUT2D eigenvalue weighted by atomic mass is 16.5. The Morgan fingerprint density at radius 2 is 2.50 bits per heavy atom. The normalized spacial score (nSPS) is 9.75. The first-order chi connectivity index (χ1) is 5.65. The van der Waals surface area contributed by atoms with Crippen molar-refractivity contribution in [2.45, 2.75) is 6.92 Å². The Morgan fingerprint density at radius 1 is 1.83 bits per heavy atom. The van der Waals surface area contributed by atoms with Gasteiger partial charge in [-0.3, -0.25) is 4.79 Å². The molecule has 1 heterocycles. The largest absolute Gasteiger partial charge is 0.490 e. The Morgan fingerprint density at radius 3 is 3.08 bits per heavy atom. The standard InChI is InChI=1S/C6H9N3O3/c1-2-12-4-3-5(10)9(11)8-6(4)7/h3,11H,2H2,1H3,(H2,7,8). The van der Waals surface area contributed by atoms with E-state index in [-0.39, 0.29) is 16.4 Å². The van der Waals surface area contributed by atoms with Crippen LogP contribution in [0.2, 0.25) is 0 Å². The van der Waals surface area contributed by atoms with Crippen LogP contribution >= 0.6 is 0 Å². The first-order valence-corrected chi connectivity index (χ1v) is 3.37. The molecule has 0 bridgehead atoms. The van der Waals surface area contributed by atoms with E-state index in [9.17, 15) is 4.79 Å². The average Bonchev–Trinajstić information content (AvgIpc) is 2.01. The second kappa shape index (κ2) is 3.12. The maximum atomic E-state index is 10.8. The third kappa shape index (κ3) is 1.47. The molecule has 0 saturated heterocycles. The third-order valence-corrected chi connectivity index (χ3v) is 1.21. The lowest BCUT2D eigenvalue weighted by Gasteiger charge is -2.04. The lowest BCUT2D eigenvalue weighted by atomic mass is 10.5. The fourth-order valence-corrected chi connectivity index (χ4v) is 0.716. The summed E-state index contributed by atoms with van der Waals surface area (Å²) >= 11 is 0. The van der Waals surface area contributed by atoms with Gasteiger partial charge in [-0.25, -0.2) is 0 Å². The Bertz CT molecular complexity index is 333. The molecule has 0 aliphatic rings. The Kier molecular flexibility index (Phi) is 2.18. The fourth-order valence-electron chi connectivity index (χ4n) is 0.716. The molecule has 12 heavy (non-hydrogen) atoms. The fraction of sp³-hybridized carbons (Fsp3) is 0.333. The molecule has 0 aromatic carbocycles. The molecule has 0 fully saturated rings. The van der Waals surface area contributed by atoms with Crippen molar-refractivity contribution in [2.75, 3.05) is 12.3 Å². The van der Waals surface area contributed by atoms with Crippen LogP contribution in [0, 0.1) is 0 Å². The van der Waals surface area contributed by atoms with Crippen LogP contribution in [0.3, 0.4) is 0 Å². The Balaban J connectivity index is 3.14. The van der Waals surface area contributed by atoms with E-state index < -0.39 is 5.56 Å². The highest BCUT2D eigenvalue weighted by Gasteiger charge is 2.04. The predicted octanol–water partition coefficient (Wildman–Crippen LogP) is -0.539. The molecule has 3 N–H and O–H groups in total. The molecule has 0 aliphatic carbocycles. The second-order valence-corrected chi connectivity index (χ2v) is 2.05. The van der Waals surface area contributed by atoms with Gasteiger partial charge in [-0.2, -0.15) is 0 Å². The van der Waals surface area contributed by atoms with Gasteiger partial charge in [0.2, 0.25) is 0 Å². The van der Waals surface area contributed by atoms with E-state index in [2.05, 4.69) is 5.10 Å². The van der Waals surface area contributed by atoms with Crippen LogP contribution in [0.25, 0.3) is 0 Å². The van der Waals surface area contributed by atoms with E-state index in [4.69, 9.17) is 15.7 Å². The van der Waals surface area contributed by atoms with Gasteiger partial charge < -0.3 is 15.7 Å². The van der Waals surface area contributed by atoms with E-state index in [0.717, 1.165) is 6.07 Å². The van der Waals surface area contributed by atoms with Gasteiger partial charge in [0.15, 0.2) is 11.6 Å². The molecule has 6 nitrogen and oxygen atoms in total. The summed E-state index contributed by atoms with van der Waals surface area (Å²) in [5, 5.41) is 12.1. The molecule has 0 spiro atoms. The van der Waals surface area contributed by atoms with Crippen molar-refractivity contribution in [1.82, 2.24) is 9.94 Å². The van der Waals surface area contributed by atoms with Crippen LogP contribution < -0.4 is 16.0 Å². The van der Waals surface area contributed by atoms with Crippen LogP contribution in [-0.4, -0.2) is 21.8 Å². The zero-order chi connectivity index (χ0) is 9.14. The zero-order valence-corrected chi connectivity index (χ0v) is 6.52. The van der Waals surface area contributed by atoms with Gasteiger partial charge in [-0.05, 0) is 6.92 Å². The number of anilines is 1. The summed E-state index contributed by atoms with van der Waals surface area (Å²) in [7, 11) is 0. The van der Waals surface area contributed by atoms with Crippen LogP contribution in [0.1, 0.15) is 6.92 Å². The summed E-state index contributed by atoms with van der Waals surface area (Å²) in [5.74, 6) is 0.173. The summed E-state index contributed by atoms with van der Waals surface area (Å²) in [5.41, 5.74) is 4.65. The third-order valence-electron chi connectivity index (χ3n) is 1.21. The molecule has 1 rings (SSSR count).